The van der Waals surface area contributed by atoms with Crippen LogP contribution in [0.3, 0.4) is 0 Å². The van der Waals surface area contributed by atoms with Crippen LogP contribution >= 0.6 is 11.6 Å². The Kier molecular flexibility index (Phi) is 2.53. The van der Waals surface area contributed by atoms with Crippen molar-refractivity contribution >= 4 is 17.7 Å². The second kappa shape index (κ2) is 3.62. The van der Waals surface area contributed by atoms with Gasteiger partial charge in [-0.15, -0.1) is 0 Å². The van der Waals surface area contributed by atoms with E-state index in [1.807, 2.05) is 6.92 Å². The number of hydrogen-bond donors (Lipinski definition) is 1. The Morgan fingerprint density at radius 2 is 2.12 bits per heavy atom. The van der Waals surface area contributed by atoms with Gasteiger partial charge in [0.25, 0.3) is 0 Å². The SMILES string of the molecule is Cc1cc(Cl)c(C)c(O)c1C1(N=C=O)CC1. The van der Waals surface area contributed by atoms with Crippen molar-refractivity contribution in [1.29, 1.82) is 0 Å². The molecule has 4 heteroatoms. The van der Waals surface area contributed by atoms with Gasteiger partial charge in [0, 0.05) is 16.1 Å². The summed E-state index contributed by atoms with van der Waals surface area (Å²) in [6, 6.07) is 1.80. The molecule has 0 aliphatic heterocycles. The third kappa shape index (κ3) is 1.53. The van der Waals surface area contributed by atoms with E-state index in [-0.39, 0.29) is 5.75 Å². The number of carbonyl (C=O) groups excluding carboxylic acids is 1. The van der Waals surface area contributed by atoms with Gasteiger partial charge in [0.15, 0.2) is 0 Å². The molecule has 0 saturated heterocycles. The maximum Gasteiger partial charge on any atom is 0.235 e. The van der Waals surface area contributed by atoms with Gasteiger partial charge in [0.2, 0.25) is 6.08 Å². The van der Waals surface area contributed by atoms with Gasteiger partial charge in [-0.3, -0.25) is 0 Å². The molecule has 3 nitrogen and oxygen atoms in total. The molecular formula is C12H12ClNO2. The highest BCUT2D eigenvalue weighted by Crippen LogP contribution is 2.54. The van der Waals surface area contributed by atoms with Crippen LogP contribution in [-0.2, 0) is 10.3 Å². The predicted octanol–water partition coefficient (Wildman–Crippen LogP) is 2.99. The summed E-state index contributed by atoms with van der Waals surface area (Å²) < 4.78 is 0. The number of aliphatic imine (C=N–C) groups is 1. The van der Waals surface area contributed by atoms with Gasteiger partial charge in [0.05, 0.1) is 0 Å². The summed E-state index contributed by atoms with van der Waals surface area (Å²) >= 11 is 5.97. The van der Waals surface area contributed by atoms with E-state index in [0.717, 1.165) is 24.0 Å². The molecule has 16 heavy (non-hydrogen) atoms. The smallest absolute Gasteiger partial charge is 0.235 e. The van der Waals surface area contributed by atoms with Crippen molar-refractivity contribution in [3.63, 3.8) is 0 Å². The Hall–Kier alpha value is -1.31. The minimum atomic E-state index is -0.550. The van der Waals surface area contributed by atoms with Crippen molar-refractivity contribution in [2.75, 3.05) is 0 Å². The fourth-order valence-corrected chi connectivity index (χ4v) is 2.32. The van der Waals surface area contributed by atoms with E-state index in [2.05, 4.69) is 4.99 Å². The topological polar surface area (TPSA) is 49.7 Å². The Morgan fingerprint density at radius 3 is 2.62 bits per heavy atom. The quantitative estimate of drug-likeness (QED) is 0.635. The molecule has 0 bridgehead atoms. The molecule has 0 aromatic heterocycles. The monoisotopic (exact) mass is 237 g/mol. The first-order chi connectivity index (χ1) is 7.52. The van der Waals surface area contributed by atoms with Crippen LogP contribution in [0.4, 0.5) is 0 Å². The standard InChI is InChI=1S/C12H12ClNO2/c1-7-5-9(13)8(2)11(16)10(7)12(3-4-12)14-6-15/h5,16H,3-4H2,1-2H3. The first-order valence-electron chi connectivity index (χ1n) is 5.10. The van der Waals surface area contributed by atoms with E-state index in [1.54, 1.807) is 19.1 Å². The van der Waals surface area contributed by atoms with Crippen LogP contribution in [0.2, 0.25) is 5.02 Å². The summed E-state index contributed by atoms with van der Waals surface area (Å²) in [5.74, 6) is 0.154. The molecule has 1 aromatic rings. The van der Waals surface area contributed by atoms with Crippen molar-refractivity contribution in [3.8, 4) is 5.75 Å². The number of benzene rings is 1. The molecule has 0 unspecified atom stereocenters. The molecular weight excluding hydrogens is 226 g/mol. The third-order valence-electron chi connectivity index (χ3n) is 3.14. The summed E-state index contributed by atoms with van der Waals surface area (Å²) in [6.07, 6.45) is 3.14. The molecule has 0 radical (unpaired) electrons. The number of aryl methyl sites for hydroxylation is 1. The van der Waals surface area contributed by atoms with Gasteiger partial charge < -0.3 is 5.11 Å². The highest BCUT2D eigenvalue weighted by molar-refractivity contribution is 6.31. The zero-order valence-corrected chi connectivity index (χ0v) is 9.93. The van der Waals surface area contributed by atoms with E-state index >= 15 is 0 Å². The molecule has 2 rings (SSSR count). The number of nitrogens with zero attached hydrogens (tertiary/aromatic N) is 1. The molecule has 1 fully saturated rings. The summed E-state index contributed by atoms with van der Waals surface area (Å²) in [4.78, 5) is 14.2. The van der Waals surface area contributed by atoms with Crippen LogP contribution < -0.4 is 0 Å². The zero-order valence-electron chi connectivity index (χ0n) is 9.17. The summed E-state index contributed by atoms with van der Waals surface area (Å²) in [6.45, 7) is 3.61. The van der Waals surface area contributed by atoms with Crippen molar-refractivity contribution in [3.05, 3.63) is 27.8 Å². The Balaban J connectivity index is 2.66. The molecule has 0 amide bonds. The number of halogens is 1. The van der Waals surface area contributed by atoms with Crippen LogP contribution in [0.25, 0.3) is 0 Å². The van der Waals surface area contributed by atoms with E-state index in [9.17, 15) is 9.90 Å². The molecule has 0 spiro atoms. The van der Waals surface area contributed by atoms with Gasteiger partial charge in [0.1, 0.15) is 11.3 Å². The van der Waals surface area contributed by atoms with Gasteiger partial charge in [-0.05, 0) is 38.3 Å². The van der Waals surface area contributed by atoms with E-state index in [1.165, 1.54) is 0 Å². The molecule has 1 N–H and O–H groups in total. The highest BCUT2D eigenvalue weighted by atomic mass is 35.5. The fraction of sp³-hybridized carbons (Fsp3) is 0.417. The number of phenolic OH excluding ortho intramolecular Hbond substituents is 1. The van der Waals surface area contributed by atoms with Crippen LogP contribution in [0.1, 0.15) is 29.5 Å². The van der Waals surface area contributed by atoms with Crippen LogP contribution in [0, 0.1) is 13.8 Å². The lowest BCUT2D eigenvalue weighted by Gasteiger charge is -2.16. The van der Waals surface area contributed by atoms with Crippen molar-refractivity contribution in [1.82, 2.24) is 0 Å². The average molecular weight is 238 g/mol. The number of phenols is 1. The molecule has 1 saturated carbocycles. The molecule has 1 aliphatic rings. The van der Waals surface area contributed by atoms with E-state index < -0.39 is 5.54 Å². The second-order valence-corrected chi connectivity index (χ2v) is 4.67. The molecule has 1 aliphatic carbocycles. The molecule has 0 heterocycles. The maximum atomic E-state index is 10.4. The normalized spacial score (nSPS) is 16.7. The van der Waals surface area contributed by atoms with Crippen molar-refractivity contribution in [2.45, 2.75) is 32.2 Å². The fourth-order valence-electron chi connectivity index (χ4n) is 2.07. The molecule has 84 valence electrons. The second-order valence-electron chi connectivity index (χ2n) is 4.26. The first kappa shape index (κ1) is 11.2. The highest BCUT2D eigenvalue weighted by Gasteiger charge is 2.48. The predicted molar refractivity (Wildman–Crippen MR) is 61.6 cm³/mol. The van der Waals surface area contributed by atoms with Crippen molar-refractivity contribution in [2.24, 2.45) is 4.99 Å². The van der Waals surface area contributed by atoms with Crippen molar-refractivity contribution < 1.29 is 9.90 Å². The minimum Gasteiger partial charge on any atom is -0.507 e. The zero-order chi connectivity index (χ0) is 11.9. The van der Waals surface area contributed by atoms with Gasteiger partial charge in [-0.25, -0.2) is 4.79 Å². The lowest BCUT2D eigenvalue weighted by atomic mass is 9.96. The van der Waals surface area contributed by atoms with Gasteiger partial charge in [-0.1, -0.05) is 11.6 Å². The molecule has 0 atom stereocenters. The largest absolute Gasteiger partial charge is 0.507 e. The van der Waals surface area contributed by atoms with Crippen LogP contribution in [0.15, 0.2) is 11.1 Å². The molecule has 1 aromatic carbocycles. The van der Waals surface area contributed by atoms with Gasteiger partial charge >= 0.3 is 0 Å². The average Bonchev–Trinajstić information content (AvgIpc) is 2.96. The van der Waals surface area contributed by atoms with Gasteiger partial charge in [-0.2, -0.15) is 4.99 Å². The van der Waals surface area contributed by atoms with Crippen LogP contribution in [0.5, 0.6) is 5.75 Å². The Bertz CT molecular complexity index is 500. The number of hydrogen-bond acceptors (Lipinski definition) is 3. The third-order valence-corrected chi connectivity index (χ3v) is 3.53. The minimum absolute atomic E-state index is 0.154. The first-order valence-corrected chi connectivity index (χ1v) is 5.48. The number of aromatic hydroxyl groups is 1. The lowest BCUT2D eigenvalue weighted by molar-refractivity contribution is 0.454. The van der Waals surface area contributed by atoms with E-state index in [0.29, 0.717) is 10.6 Å². The lowest BCUT2D eigenvalue weighted by Crippen LogP contribution is -2.06. The number of rotatable bonds is 2. The summed E-state index contributed by atoms with van der Waals surface area (Å²) in [5, 5.41) is 10.6. The summed E-state index contributed by atoms with van der Waals surface area (Å²) in [7, 11) is 0. The van der Waals surface area contributed by atoms with E-state index in [4.69, 9.17) is 11.6 Å². The maximum absolute atomic E-state index is 10.4. The van der Waals surface area contributed by atoms with Crippen LogP contribution in [-0.4, -0.2) is 11.2 Å². The number of isocyanates is 1. The Labute approximate surface area is 98.8 Å². The Morgan fingerprint density at radius 1 is 1.50 bits per heavy atom. The summed E-state index contributed by atoms with van der Waals surface area (Å²) in [5.41, 5.74) is 1.67.